The molecule has 0 radical (unpaired) electrons. The maximum absolute atomic E-state index is 13.0. The minimum Gasteiger partial charge on any atom is -0.271 e. The lowest BCUT2D eigenvalue weighted by atomic mass is 10.0. The Hall–Kier alpha value is -1.55. The molecule has 0 atom stereocenters. The van der Waals surface area contributed by atoms with Gasteiger partial charge in [-0.3, -0.25) is 14.5 Å². The molecule has 1 aliphatic carbocycles. The number of imide groups is 1. The highest BCUT2D eigenvalue weighted by Gasteiger charge is 2.42. The summed E-state index contributed by atoms with van der Waals surface area (Å²) in [5.41, 5.74) is 1.46. The van der Waals surface area contributed by atoms with Gasteiger partial charge < -0.3 is 0 Å². The van der Waals surface area contributed by atoms with E-state index in [9.17, 15) is 9.59 Å². The molecule has 0 bridgehead atoms. The van der Waals surface area contributed by atoms with Crippen molar-refractivity contribution in [3.05, 3.63) is 40.8 Å². The van der Waals surface area contributed by atoms with Crippen LogP contribution in [0.4, 0.5) is 0 Å². The average molecular weight is 329 g/mol. The van der Waals surface area contributed by atoms with Crippen LogP contribution in [0.15, 0.2) is 35.2 Å². The fourth-order valence-corrected chi connectivity index (χ4v) is 4.37. The van der Waals surface area contributed by atoms with E-state index < -0.39 is 0 Å². The van der Waals surface area contributed by atoms with Gasteiger partial charge in [-0.1, -0.05) is 62.9 Å². The molecule has 0 aromatic heterocycles. The van der Waals surface area contributed by atoms with Crippen LogP contribution in [0.2, 0.25) is 0 Å². The molecular weight excluding hydrogens is 306 g/mol. The number of nitrogens with zero attached hydrogens (tertiary/aromatic N) is 1. The van der Waals surface area contributed by atoms with Gasteiger partial charge in [-0.15, -0.1) is 11.8 Å². The van der Waals surface area contributed by atoms with Gasteiger partial charge in [0.2, 0.25) is 0 Å². The van der Waals surface area contributed by atoms with Gasteiger partial charge in [0, 0.05) is 6.04 Å². The summed E-state index contributed by atoms with van der Waals surface area (Å²) in [6.07, 6.45) is 6.54. The molecule has 1 heterocycles. The first kappa shape index (κ1) is 16.3. The molecule has 4 heteroatoms. The van der Waals surface area contributed by atoms with Gasteiger partial charge in [-0.25, -0.2) is 0 Å². The SMILES string of the molecule is CCSC1=C(c2ccccc2)C(=O)N(C2CCCCCC2)C1=O. The summed E-state index contributed by atoms with van der Waals surface area (Å²) in [5.74, 6) is 0.625. The molecular formula is C19H23NO2S. The first-order valence-corrected chi connectivity index (χ1v) is 9.53. The second kappa shape index (κ2) is 7.35. The number of carbonyl (C=O) groups is 2. The Morgan fingerprint density at radius 3 is 2.26 bits per heavy atom. The molecule has 0 unspecified atom stereocenters. The van der Waals surface area contributed by atoms with Gasteiger partial charge in [-0.05, 0) is 24.2 Å². The van der Waals surface area contributed by atoms with Crippen molar-refractivity contribution in [1.82, 2.24) is 4.90 Å². The first-order chi connectivity index (χ1) is 11.2. The Morgan fingerprint density at radius 1 is 1.00 bits per heavy atom. The van der Waals surface area contributed by atoms with Crippen molar-refractivity contribution < 1.29 is 9.59 Å². The van der Waals surface area contributed by atoms with E-state index in [1.165, 1.54) is 24.6 Å². The van der Waals surface area contributed by atoms with E-state index in [0.717, 1.165) is 37.0 Å². The highest BCUT2D eigenvalue weighted by molar-refractivity contribution is 8.04. The van der Waals surface area contributed by atoms with Gasteiger partial charge in [0.25, 0.3) is 11.8 Å². The zero-order valence-corrected chi connectivity index (χ0v) is 14.4. The molecule has 122 valence electrons. The molecule has 0 N–H and O–H groups in total. The van der Waals surface area contributed by atoms with Crippen molar-refractivity contribution in [3.63, 3.8) is 0 Å². The molecule has 1 saturated carbocycles. The third kappa shape index (κ3) is 3.23. The molecule has 0 saturated heterocycles. The van der Waals surface area contributed by atoms with E-state index in [2.05, 4.69) is 0 Å². The summed E-state index contributed by atoms with van der Waals surface area (Å²) in [6, 6.07) is 9.69. The Labute approximate surface area is 142 Å². The first-order valence-electron chi connectivity index (χ1n) is 8.54. The minimum absolute atomic E-state index is 0.0752. The Kier molecular flexibility index (Phi) is 5.21. The lowest BCUT2D eigenvalue weighted by molar-refractivity contribution is -0.139. The van der Waals surface area contributed by atoms with Gasteiger partial charge in [0.05, 0.1) is 10.5 Å². The fourth-order valence-electron chi connectivity index (χ4n) is 3.51. The summed E-state index contributed by atoms with van der Waals surface area (Å²) in [6.45, 7) is 2.02. The Bertz CT molecular complexity index is 616. The van der Waals surface area contributed by atoms with Crippen LogP contribution in [0.5, 0.6) is 0 Å². The van der Waals surface area contributed by atoms with E-state index in [-0.39, 0.29) is 17.9 Å². The summed E-state index contributed by atoms with van der Waals surface area (Å²) in [7, 11) is 0. The van der Waals surface area contributed by atoms with E-state index in [0.29, 0.717) is 10.5 Å². The van der Waals surface area contributed by atoms with Crippen LogP contribution in [-0.4, -0.2) is 28.5 Å². The van der Waals surface area contributed by atoms with Crippen LogP contribution < -0.4 is 0 Å². The summed E-state index contributed by atoms with van der Waals surface area (Å²) >= 11 is 1.49. The Balaban J connectivity index is 1.95. The highest BCUT2D eigenvalue weighted by atomic mass is 32.2. The normalized spacial score (nSPS) is 20.3. The average Bonchev–Trinajstić information content (AvgIpc) is 2.76. The van der Waals surface area contributed by atoms with Crippen LogP contribution >= 0.6 is 11.8 Å². The van der Waals surface area contributed by atoms with Crippen molar-refractivity contribution >= 4 is 29.1 Å². The third-order valence-corrected chi connectivity index (χ3v) is 5.57. The van der Waals surface area contributed by atoms with Crippen LogP contribution in [0.25, 0.3) is 5.57 Å². The zero-order chi connectivity index (χ0) is 16.2. The molecule has 1 fully saturated rings. The second-order valence-electron chi connectivity index (χ2n) is 6.13. The van der Waals surface area contributed by atoms with Crippen LogP contribution in [0, 0.1) is 0 Å². The molecule has 2 amide bonds. The van der Waals surface area contributed by atoms with Gasteiger partial charge >= 0.3 is 0 Å². The number of amides is 2. The van der Waals surface area contributed by atoms with E-state index in [4.69, 9.17) is 0 Å². The van der Waals surface area contributed by atoms with Crippen molar-refractivity contribution in [2.45, 2.75) is 51.5 Å². The molecule has 1 aromatic rings. The number of thioether (sulfide) groups is 1. The molecule has 1 aromatic carbocycles. The van der Waals surface area contributed by atoms with Gasteiger partial charge in [-0.2, -0.15) is 0 Å². The van der Waals surface area contributed by atoms with Crippen LogP contribution in [-0.2, 0) is 9.59 Å². The van der Waals surface area contributed by atoms with Crippen molar-refractivity contribution in [3.8, 4) is 0 Å². The zero-order valence-electron chi connectivity index (χ0n) is 13.6. The summed E-state index contributed by atoms with van der Waals surface area (Å²) in [4.78, 5) is 28.2. The second-order valence-corrected chi connectivity index (χ2v) is 7.40. The molecule has 3 nitrogen and oxygen atoms in total. The molecule has 3 rings (SSSR count). The number of rotatable bonds is 4. The largest absolute Gasteiger partial charge is 0.271 e. The van der Waals surface area contributed by atoms with Crippen molar-refractivity contribution in [1.29, 1.82) is 0 Å². The summed E-state index contributed by atoms with van der Waals surface area (Å²) < 4.78 is 0. The number of carbonyl (C=O) groups excluding carboxylic acids is 2. The maximum atomic E-state index is 13.0. The monoisotopic (exact) mass is 329 g/mol. The summed E-state index contributed by atoms with van der Waals surface area (Å²) in [5, 5.41) is 0. The number of benzene rings is 1. The van der Waals surface area contributed by atoms with Crippen molar-refractivity contribution in [2.24, 2.45) is 0 Å². The van der Waals surface area contributed by atoms with Gasteiger partial charge in [0.15, 0.2) is 0 Å². The highest BCUT2D eigenvalue weighted by Crippen LogP contribution is 2.38. The number of hydrogen-bond acceptors (Lipinski definition) is 3. The molecule has 0 spiro atoms. The molecule has 23 heavy (non-hydrogen) atoms. The third-order valence-electron chi connectivity index (χ3n) is 4.61. The van der Waals surface area contributed by atoms with E-state index in [1.54, 1.807) is 4.90 Å². The predicted octanol–water partition coefficient (Wildman–Crippen LogP) is 4.24. The lowest BCUT2D eigenvalue weighted by Gasteiger charge is -2.25. The van der Waals surface area contributed by atoms with Gasteiger partial charge in [0.1, 0.15) is 0 Å². The topological polar surface area (TPSA) is 37.4 Å². The standard InChI is InChI=1S/C19H23NO2S/c1-2-23-17-16(14-10-6-5-7-11-14)18(21)20(19(17)22)15-12-8-3-4-9-13-15/h5-7,10-11,15H,2-4,8-9,12-13H2,1H3. The number of hydrogen-bond donors (Lipinski definition) is 0. The van der Waals surface area contributed by atoms with E-state index >= 15 is 0 Å². The minimum atomic E-state index is -0.0935. The van der Waals surface area contributed by atoms with Crippen molar-refractivity contribution in [2.75, 3.05) is 5.75 Å². The maximum Gasteiger partial charge on any atom is 0.268 e. The van der Waals surface area contributed by atoms with Crippen LogP contribution in [0.1, 0.15) is 51.0 Å². The van der Waals surface area contributed by atoms with Crippen LogP contribution in [0.3, 0.4) is 0 Å². The molecule has 2 aliphatic rings. The quantitative estimate of drug-likeness (QED) is 0.612. The Morgan fingerprint density at radius 2 is 1.65 bits per heavy atom. The van der Waals surface area contributed by atoms with E-state index in [1.807, 2.05) is 37.3 Å². The molecule has 1 aliphatic heterocycles. The predicted molar refractivity (Wildman–Crippen MR) is 94.8 cm³/mol. The smallest absolute Gasteiger partial charge is 0.268 e. The fraction of sp³-hybridized carbons (Fsp3) is 0.474. The lowest BCUT2D eigenvalue weighted by Crippen LogP contribution is -2.40.